The highest BCUT2D eigenvalue weighted by Gasteiger charge is 2.28. The minimum Gasteiger partial charge on any atom is -0.379 e. The number of nitrogens with zero attached hydrogens (tertiary/aromatic N) is 1. The lowest BCUT2D eigenvalue weighted by Crippen LogP contribution is -2.50. The van der Waals surface area contributed by atoms with Gasteiger partial charge in [-0.3, -0.25) is 4.79 Å². The summed E-state index contributed by atoms with van der Waals surface area (Å²) < 4.78 is 11.6. The van der Waals surface area contributed by atoms with Gasteiger partial charge in [-0.2, -0.15) is 0 Å². The number of amides is 1. The number of carbonyl (C=O) groups is 1. The van der Waals surface area contributed by atoms with Crippen LogP contribution in [0.25, 0.3) is 0 Å². The topological polar surface area (TPSA) is 60.5 Å². The third kappa shape index (κ3) is 5.36. The first-order valence-corrected chi connectivity index (χ1v) is 9.52. The molecular weight excluding hydrogens is 336 g/mol. The lowest BCUT2D eigenvalue weighted by molar-refractivity contribution is -0.126. The van der Waals surface area contributed by atoms with Crippen LogP contribution < -0.4 is 5.32 Å². The molecule has 2 atom stereocenters. The largest absolute Gasteiger partial charge is 0.379 e. The van der Waals surface area contributed by atoms with Gasteiger partial charge in [0.25, 0.3) is 0 Å². The number of thiazole rings is 1. The smallest absolute Gasteiger partial charge is 0.220 e. The van der Waals surface area contributed by atoms with Crippen molar-refractivity contribution in [3.8, 4) is 0 Å². The average Bonchev–Trinajstić information content (AvgIpc) is 3.05. The Morgan fingerprint density at radius 3 is 3.00 bits per heavy atom. The fraction of sp³-hybridized carbons (Fsp3) is 0.474. The van der Waals surface area contributed by atoms with Gasteiger partial charge in [0.05, 0.1) is 36.6 Å². The first kappa shape index (κ1) is 18.0. The van der Waals surface area contributed by atoms with Crippen LogP contribution in [0.5, 0.6) is 0 Å². The molecule has 1 N–H and O–H groups in total. The maximum atomic E-state index is 12.3. The van der Waals surface area contributed by atoms with E-state index >= 15 is 0 Å². The van der Waals surface area contributed by atoms with E-state index in [1.165, 1.54) is 4.88 Å². The molecule has 1 aliphatic rings. The van der Waals surface area contributed by atoms with E-state index in [0.717, 1.165) is 24.1 Å². The van der Waals surface area contributed by atoms with Gasteiger partial charge in [0.15, 0.2) is 0 Å². The molecule has 1 aromatic carbocycles. The Balaban J connectivity index is 1.48. The Morgan fingerprint density at radius 1 is 1.40 bits per heavy atom. The average molecular weight is 360 g/mol. The SMILES string of the molecule is Cc1ncsc1CCC(=O)N[C@@H]1COCC[C@@H]1OCc1ccccc1. The van der Waals surface area contributed by atoms with Gasteiger partial charge in [0.2, 0.25) is 5.91 Å². The number of hydrogen-bond acceptors (Lipinski definition) is 5. The van der Waals surface area contributed by atoms with E-state index in [1.807, 2.05) is 42.8 Å². The zero-order valence-electron chi connectivity index (χ0n) is 14.4. The second-order valence-corrected chi connectivity index (χ2v) is 7.17. The molecule has 0 spiro atoms. The number of aromatic nitrogens is 1. The number of ether oxygens (including phenoxy) is 2. The maximum absolute atomic E-state index is 12.3. The van der Waals surface area contributed by atoms with Gasteiger partial charge >= 0.3 is 0 Å². The van der Waals surface area contributed by atoms with Gasteiger partial charge in [-0.25, -0.2) is 4.98 Å². The third-order valence-corrected chi connectivity index (χ3v) is 5.37. The molecule has 5 nitrogen and oxygen atoms in total. The zero-order valence-corrected chi connectivity index (χ0v) is 15.3. The normalized spacial score (nSPS) is 20.4. The quantitative estimate of drug-likeness (QED) is 0.825. The summed E-state index contributed by atoms with van der Waals surface area (Å²) in [6.07, 6.45) is 1.98. The van der Waals surface area contributed by atoms with Crippen LogP contribution in [-0.4, -0.2) is 36.3 Å². The zero-order chi connectivity index (χ0) is 17.5. The van der Waals surface area contributed by atoms with Crippen molar-refractivity contribution in [2.45, 2.75) is 44.9 Å². The lowest BCUT2D eigenvalue weighted by atomic mass is 10.1. The monoisotopic (exact) mass is 360 g/mol. The molecule has 6 heteroatoms. The van der Waals surface area contributed by atoms with E-state index in [4.69, 9.17) is 9.47 Å². The number of carbonyl (C=O) groups excluding carboxylic acids is 1. The molecule has 1 fully saturated rings. The molecule has 1 aromatic heterocycles. The van der Waals surface area contributed by atoms with Crippen molar-refractivity contribution in [1.29, 1.82) is 0 Å². The van der Waals surface area contributed by atoms with E-state index in [2.05, 4.69) is 10.3 Å². The van der Waals surface area contributed by atoms with E-state index < -0.39 is 0 Å². The number of hydrogen-bond donors (Lipinski definition) is 1. The van der Waals surface area contributed by atoms with Crippen LogP contribution in [0.15, 0.2) is 35.8 Å². The molecule has 0 radical (unpaired) electrons. The molecule has 25 heavy (non-hydrogen) atoms. The van der Waals surface area contributed by atoms with Crippen molar-refractivity contribution in [3.63, 3.8) is 0 Å². The maximum Gasteiger partial charge on any atom is 0.220 e. The highest BCUT2D eigenvalue weighted by atomic mass is 32.1. The van der Waals surface area contributed by atoms with E-state index in [1.54, 1.807) is 11.3 Å². The van der Waals surface area contributed by atoms with Gasteiger partial charge in [-0.05, 0) is 25.3 Å². The van der Waals surface area contributed by atoms with Gasteiger partial charge in [-0.15, -0.1) is 11.3 Å². The van der Waals surface area contributed by atoms with Crippen molar-refractivity contribution in [2.75, 3.05) is 13.2 Å². The molecule has 0 saturated carbocycles. The molecule has 3 rings (SSSR count). The van der Waals surface area contributed by atoms with Crippen molar-refractivity contribution in [2.24, 2.45) is 0 Å². The number of nitrogens with one attached hydrogen (secondary N) is 1. The van der Waals surface area contributed by atoms with Gasteiger partial charge in [0, 0.05) is 17.9 Å². The summed E-state index contributed by atoms with van der Waals surface area (Å²) in [5.41, 5.74) is 3.98. The second-order valence-electron chi connectivity index (χ2n) is 6.23. The van der Waals surface area contributed by atoms with Crippen molar-refractivity contribution in [1.82, 2.24) is 10.3 Å². The molecule has 0 unspecified atom stereocenters. The molecular formula is C19H24N2O3S. The lowest BCUT2D eigenvalue weighted by Gasteiger charge is -2.32. The van der Waals surface area contributed by atoms with Crippen LogP contribution in [0.1, 0.15) is 29.0 Å². The summed E-state index contributed by atoms with van der Waals surface area (Å²) in [5, 5.41) is 3.08. The van der Waals surface area contributed by atoms with Crippen LogP contribution in [0.4, 0.5) is 0 Å². The minimum absolute atomic E-state index is 0.0111. The molecule has 2 aromatic rings. The Kier molecular flexibility index (Phi) is 6.55. The van der Waals surface area contributed by atoms with Gasteiger partial charge in [-0.1, -0.05) is 30.3 Å². The summed E-state index contributed by atoms with van der Waals surface area (Å²) >= 11 is 1.60. The first-order chi connectivity index (χ1) is 12.2. The van der Waals surface area contributed by atoms with Crippen LogP contribution in [0.3, 0.4) is 0 Å². The number of aryl methyl sites for hydroxylation is 2. The van der Waals surface area contributed by atoms with Gasteiger partial charge in [0.1, 0.15) is 0 Å². The molecule has 0 bridgehead atoms. The van der Waals surface area contributed by atoms with E-state index in [9.17, 15) is 4.79 Å². The fourth-order valence-corrected chi connectivity index (χ4v) is 3.68. The van der Waals surface area contributed by atoms with Crippen LogP contribution >= 0.6 is 11.3 Å². The summed E-state index contributed by atoms with van der Waals surface area (Å²) in [6.45, 7) is 3.71. The van der Waals surface area contributed by atoms with Crippen LogP contribution in [-0.2, 0) is 27.3 Å². The molecule has 134 valence electrons. The minimum atomic E-state index is -0.0903. The predicted octanol–water partition coefficient (Wildman–Crippen LogP) is 2.87. The highest BCUT2D eigenvalue weighted by molar-refractivity contribution is 7.09. The Morgan fingerprint density at radius 2 is 2.24 bits per heavy atom. The van der Waals surface area contributed by atoms with E-state index in [0.29, 0.717) is 26.2 Å². The summed E-state index contributed by atoms with van der Waals surface area (Å²) in [5.74, 6) is 0.0385. The number of rotatable bonds is 7. The van der Waals surface area contributed by atoms with Crippen molar-refractivity contribution in [3.05, 3.63) is 52.0 Å². The molecule has 2 heterocycles. The number of benzene rings is 1. The Labute approximate surface area is 152 Å². The van der Waals surface area contributed by atoms with E-state index in [-0.39, 0.29) is 18.1 Å². The molecule has 1 amide bonds. The third-order valence-electron chi connectivity index (χ3n) is 4.37. The molecule has 0 aliphatic carbocycles. The van der Waals surface area contributed by atoms with Gasteiger partial charge < -0.3 is 14.8 Å². The van der Waals surface area contributed by atoms with Crippen LogP contribution in [0.2, 0.25) is 0 Å². The molecule has 1 saturated heterocycles. The first-order valence-electron chi connectivity index (χ1n) is 8.64. The Hall–Kier alpha value is -1.76. The van der Waals surface area contributed by atoms with Crippen LogP contribution in [0, 0.1) is 6.92 Å². The predicted molar refractivity (Wildman–Crippen MR) is 97.6 cm³/mol. The highest BCUT2D eigenvalue weighted by Crippen LogP contribution is 2.16. The second kappa shape index (κ2) is 9.08. The summed E-state index contributed by atoms with van der Waals surface area (Å²) in [4.78, 5) is 17.7. The summed E-state index contributed by atoms with van der Waals surface area (Å²) in [7, 11) is 0. The molecule has 1 aliphatic heterocycles. The summed E-state index contributed by atoms with van der Waals surface area (Å²) in [6, 6.07) is 10.0. The van der Waals surface area contributed by atoms with Crippen molar-refractivity contribution >= 4 is 17.2 Å². The Bertz CT molecular complexity index is 674. The standard InChI is InChI=1S/C19H24N2O3S/c1-14-18(25-13-20-14)7-8-19(22)21-16-12-23-10-9-17(16)24-11-15-5-3-2-4-6-15/h2-6,13,16-17H,7-12H2,1H3,(H,21,22)/t16-,17+/m1/s1. The fourth-order valence-electron chi connectivity index (χ4n) is 2.90. The van der Waals surface area contributed by atoms with Crippen molar-refractivity contribution < 1.29 is 14.3 Å².